The van der Waals surface area contributed by atoms with E-state index in [1.807, 2.05) is 0 Å². The second-order valence-electron chi connectivity index (χ2n) is 2.93. The summed E-state index contributed by atoms with van der Waals surface area (Å²) < 4.78 is 4.76. The molecule has 0 atom stereocenters. The molecule has 0 unspecified atom stereocenters. The van der Waals surface area contributed by atoms with Crippen LogP contribution in [0.15, 0.2) is 10.6 Å². The van der Waals surface area contributed by atoms with Gasteiger partial charge in [0.25, 0.3) is 0 Å². The van der Waals surface area contributed by atoms with Crippen molar-refractivity contribution in [2.24, 2.45) is 5.73 Å². The van der Waals surface area contributed by atoms with Crippen LogP contribution in [0.25, 0.3) is 0 Å². The molecule has 1 aromatic rings. The number of primary amides is 1. The zero-order valence-corrected chi connectivity index (χ0v) is 8.14. The van der Waals surface area contributed by atoms with E-state index < -0.39 is 12.0 Å². The molecule has 15 heavy (non-hydrogen) atoms. The van der Waals surface area contributed by atoms with Gasteiger partial charge in [-0.25, -0.2) is 4.79 Å². The van der Waals surface area contributed by atoms with Gasteiger partial charge in [0.1, 0.15) is 5.76 Å². The first-order valence-corrected chi connectivity index (χ1v) is 4.23. The zero-order chi connectivity index (χ0) is 11.4. The molecule has 7 nitrogen and oxygen atoms in total. The molecular formula is C8H11N3O4. The summed E-state index contributed by atoms with van der Waals surface area (Å²) in [6.45, 7) is 1.63. The van der Waals surface area contributed by atoms with E-state index in [4.69, 9.17) is 15.4 Å². The van der Waals surface area contributed by atoms with E-state index in [1.54, 1.807) is 6.92 Å². The third-order valence-corrected chi connectivity index (χ3v) is 1.71. The van der Waals surface area contributed by atoms with Gasteiger partial charge in [-0.1, -0.05) is 5.16 Å². The number of hydrogen-bond donors (Lipinski definition) is 2. The maximum atomic E-state index is 11.0. The number of amides is 2. The number of urea groups is 1. The molecule has 0 saturated carbocycles. The van der Waals surface area contributed by atoms with Gasteiger partial charge in [0, 0.05) is 12.6 Å². The Kier molecular flexibility index (Phi) is 3.27. The Morgan fingerprint density at radius 3 is 2.73 bits per heavy atom. The maximum Gasteiger partial charge on any atom is 0.320 e. The summed E-state index contributed by atoms with van der Waals surface area (Å²) in [5.41, 5.74) is 5.08. The van der Waals surface area contributed by atoms with Crippen LogP contribution in [0.5, 0.6) is 0 Å². The lowest BCUT2D eigenvalue weighted by molar-refractivity contribution is -0.136. The number of nitrogens with zero attached hydrogens (tertiary/aromatic N) is 2. The van der Waals surface area contributed by atoms with Crippen LogP contribution < -0.4 is 10.6 Å². The molecule has 7 heteroatoms. The lowest BCUT2D eigenvalue weighted by Crippen LogP contribution is -2.37. The largest absolute Gasteiger partial charge is 0.481 e. The second kappa shape index (κ2) is 4.45. The fraction of sp³-hybridized carbons (Fsp3) is 0.375. The number of aromatic nitrogens is 1. The molecule has 0 bridgehead atoms. The first-order valence-electron chi connectivity index (χ1n) is 4.23. The topological polar surface area (TPSA) is 110 Å². The van der Waals surface area contributed by atoms with Gasteiger partial charge in [0.2, 0.25) is 0 Å². The molecular weight excluding hydrogens is 202 g/mol. The molecule has 1 heterocycles. The molecule has 0 radical (unpaired) electrons. The molecule has 0 aromatic carbocycles. The third-order valence-electron chi connectivity index (χ3n) is 1.71. The maximum absolute atomic E-state index is 11.0. The van der Waals surface area contributed by atoms with Gasteiger partial charge in [-0.05, 0) is 6.92 Å². The number of aliphatic carboxylic acids is 1. The third kappa shape index (κ3) is 2.97. The first-order chi connectivity index (χ1) is 7.00. The number of carboxylic acids is 1. The minimum atomic E-state index is -1.01. The highest BCUT2D eigenvalue weighted by Crippen LogP contribution is 2.13. The average molecular weight is 213 g/mol. The predicted octanol–water partition coefficient (Wildman–Crippen LogP) is 0.343. The number of hydrogen-bond acceptors (Lipinski definition) is 4. The van der Waals surface area contributed by atoms with Crippen LogP contribution in [0, 0.1) is 6.92 Å². The van der Waals surface area contributed by atoms with Crippen molar-refractivity contribution in [1.29, 1.82) is 0 Å². The lowest BCUT2D eigenvalue weighted by atomic mass is 10.4. The molecule has 1 rings (SSSR count). The summed E-state index contributed by atoms with van der Waals surface area (Å²) in [7, 11) is 0. The minimum Gasteiger partial charge on any atom is -0.481 e. The van der Waals surface area contributed by atoms with Crippen molar-refractivity contribution in [3.8, 4) is 0 Å². The van der Waals surface area contributed by atoms with Gasteiger partial charge in [-0.3, -0.25) is 9.69 Å². The highest BCUT2D eigenvalue weighted by atomic mass is 16.5. The number of rotatable bonds is 4. The van der Waals surface area contributed by atoms with Gasteiger partial charge in [0.05, 0.1) is 6.42 Å². The minimum absolute atomic E-state index is 0.0311. The molecule has 1 aromatic heterocycles. The summed E-state index contributed by atoms with van der Waals surface area (Å²) in [6, 6.07) is 0.747. The van der Waals surface area contributed by atoms with E-state index in [0.717, 1.165) is 4.90 Å². The van der Waals surface area contributed by atoms with Gasteiger partial charge in [-0.15, -0.1) is 0 Å². The van der Waals surface area contributed by atoms with Gasteiger partial charge in [-0.2, -0.15) is 0 Å². The Bertz CT molecular complexity index is 374. The van der Waals surface area contributed by atoms with E-state index in [2.05, 4.69) is 5.16 Å². The number of carboxylic acid groups (broad SMARTS) is 1. The number of aryl methyl sites for hydroxylation is 1. The molecule has 3 N–H and O–H groups in total. The van der Waals surface area contributed by atoms with Gasteiger partial charge >= 0.3 is 12.0 Å². The van der Waals surface area contributed by atoms with Crippen molar-refractivity contribution >= 4 is 17.8 Å². The summed E-state index contributed by atoms with van der Waals surface area (Å²) in [4.78, 5) is 22.4. The summed E-state index contributed by atoms with van der Waals surface area (Å²) in [6.07, 6.45) is -0.200. The molecule has 0 aliphatic carbocycles. The smallest absolute Gasteiger partial charge is 0.320 e. The molecule has 0 aliphatic heterocycles. The summed E-state index contributed by atoms with van der Waals surface area (Å²) in [5.74, 6) is -0.269. The quantitative estimate of drug-likeness (QED) is 0.749. The molecule has 0 saturated heterocycles. The number of nitrogens with two attached hydrogens (primary N) is 1. The number of carbonyl (C=O) groups is 2. The van der Waals surface area contributed by atoms with Crippen LogP contribution >= 0.6 is 0 Å². The average Bonchev–Trinajstić information content (AvgIpc) is 2.51. The van der Waals surface area contributed by atoms with Crippen molar-refractivity contribution in [1.82, 2.24) is 5.16 Å². The van der Waals surface area contributed by atoms with Crippen LogP contribution in [-0.2, 0) is 4.79 Å². The van der Waals surface area contributed by atoms with E-state index in [-0.39, 0.29) is 18.8 Å². The monoisotopic (exact) mass is 213 g/mol. The van der Waals surface area contributed by atoms with Crippen LogP contribution in [0.4, 0.5) is 10.6 Å². The van der Waals surface area contributed by atoms with E-state index >= 15 is 0 Å². The highest BCUT2D eigenvalue weighted by Gasteiger charge is 2.17. The van der Waals surface area contributed by atoms with Crippen LogP contribution in [-0.4, -0.2) is 28.8 Å². The van der Waals surface area contributed by atoms with Crippen LogP contribution in [0.2, 0.25) is 0 Å². The molecule has 2 amide bonds. The van der Waals surface area contributed by atoms with Crippen molar-refractivity contribution in [3.63, 3.8) is 0 Å². The summed E-state index contributed by atoms with van der Waals surface area (Å²) >= 11 is 0. The molecule has 0 fully saturated rings. The zero-order valence-electron chi connectivity index (χ0n) is 8.14. The fourth-order valence-corrected chi connectivity index (χ4v) is 1.03. The standard InChI is InChI=1S/C8H11N3O4/c1-5-4-6(10-15-5)11(8(9)14)3-2-7(12)13/h4H,2-3H2,1H3,(H2,9,14)(H,12,13). The summed E-state index contributed by atoms with van der Waals surface area (Å²) in [5, 5.41) is 12.0. The molecule has 0 spiro atoms. The molecule has 0 aliphatic rings. The van der Waals surface area contributed by atoms with E-state index in [0.29, 0.717) is 5.76 Å². The normalized spacial score (nSPS) is 9.93. The van der Waals surface area contributed by atoms with E-state index in [9.17, 15) is 9.59 Å². The van der Waals surface area contributed by atoms with Crippen LogP contribution in [0.1, 0.15) is 12.2 Å². The Morgan fingerprint density at radius 1 is 1.67 bits per heavy atom. The fourth-order valence-electron chi connectivity index (χ4n) is 1.03. The van der Waals surface area contributed by atoms with Crippen molar-refractivity contribution in [2.75, 3.05) is 11.4 Å². The van der Waals surface area contributed by atoms with Crippen molar-refractivity contribution < 1.29 is 19.2 Å². The van der Waals surface area contributed by atoms with Crippen molar-refractivity contribution in [3.05, 3.63) is 11.8 Å². The van der Waals surface area contributed by atoms with Gasteiger partial charge < -0.3 is 15.4 Å². The highest BCUT2D eigenvalue weighted by molar-refractivity contribution is 5.90. The van der Waals surface area contributed by atoms with E-state index in [1.165, 1.54) is 6.07 Å². The Morgan fingerprint density at radius 2 is 2.33 bits per heavy atom. The Hall–Kier alpha value is -2.05. The number of anilines is 1. The SMILES string of the molecule is Cc1cc(N(CCC(=O)O)C(N)=O)no1. The number of carbonyl (C=O) groups excluding carboxylic acids is 1. The van der Waals surface area contributed by atoms with Crippen LogP contribution in [0.3, 0.4) is 0 Å². The second-order valence-corrected chi connectivity index (χ2v) is 2.93. The molecule has 82 valence electrons. The van der Waals surface area contributed by atoms with Gasteiger partial charge in [0.15, 0.2) is 5.82 Å². The first kappa shape index (κ1) is 11.0. The van der Waals surface area contributed by atoms with Crippen molar-refractivity contribution in [2.45, 2.75) is 13.3 Å². The lowest BCUT2D eigenvalue weighted by Gasteiger charge is -2.15. The Labute approximate surface area is 85.4 Å². The Balaban J connectivity index is 2.74. The predicted molar refractivity (Wildman–Crippen MR) is 50.4 cm³/mol.